The van der Waals surface area contributed by atoms with Crippen molar-refractivity contribution < 1.29 is 4.74 Å². The van der Waals surface area contributed by atoms with Crippen LogP contribution in [-0.4, -0.2) is 37.7 Å². The van der Waals surface area contributed by atoms with Crippen molar-refractivity contribution in [1.82, 2.24) is 10.2 Å². The highest BCUT2D eigenvalue weighted by Gasteiger charge is 2.12. The Morgan fingerprint density at radius 1 is 1.30 bits per heavy atom. The summed E-state index contributed by atoms with van der Waals surface area (Å²) in [5, 5.41) is 3.44. The van der Waals surface area contributed by atoms with E-state index in [1.54, 1.807) is 0 Å². The van der Waals surface area contributed by atoms with Crippen LogP contribution in [0.15, 0.2) is 22.7 Å². The van der Waals surface area contributed by atoms with E-state index in [4.69, 9.17) is 4.74 Å². The van der Waals surface area contributed by atoms with E-state index in [0.717, 1.165) is 42.9 Å². The summed E-state index contributed by atoms with van der Waals surface area (Å²) in [6, 6.07) is 6.26. The van der Waals surface area contributed by atoms with Crippen molar-refractivity contribution >= 4 is 15.9 Å². The van der Waals surface area contributed by atoms with Gasteiger partial charge in [0.15, 0.2) is 0 Å². The molecule has 0 unspecified atom stereocenters. The SMILES string of the molecule is CCCNCc1cccc(Br)c1OCCN1CCCC1. The first-order valence-corrected chi connectivity index (χ1v) is 8.44. The van der Waals surface area contributed by atoms with Crippen LogP contribution in [-0.2, 0) is 6.54 Å². The van der Waals surface area contributed by atoms with Gasteiger partial charge in [0.2, 0.25) is 0 Å². The van der Waals surface area contributed by atoms with Crippen molar-refractivity contribution in [2.24, 2.45) is 0 Å². The zero-order valence-electron chi connectivity index (χ0n) is 12.3. The molecule has 0 bridgehead atoms. The first-order valence-electron chi connectivity index (χ1n) is 7.64. The minimum atomic E-state index is 0.767. The zero-order chi connectivity index (χ0) is 14.2. The van der Waals surface area contributed by atoms with Crippen molar-refractivity contribution in [1.29, 1.82) is 0 Å². The van der Waals surface area contributed by atoms with E-state index in [2.05, 4.69) is 51.3 Å². The molecule has 0 aliphatic carbocycles. The van der Waals surface area contributed by atoms with Gasteiger partial charge in [-0.2, -0.15) is 0 Å². The predicted octanol–water partition coefficient (Wildman–Crippen LogP) is 3.42. The van der Waals surface area contributed by atoms with Crippen molar-refractivity contribution in [3.05, 3.63) is 28.2 Å². The number of likely N-dealkylation sites (tertiary alicyclic amines) is 1. The average molecular weight is 341 g/mol. The molecule has 20 heavy (non-hydrogen) atoms. The van der Waals surface area contributed by atoms with Crippen molar-refractivity contribution in [2.45, 2.75) is 32.7 Å². The minimum absolute atomic E-state index is 0.767. The summed E-state index contributed by atoms with van der Waals surface area (Å²) in [5.41, 5.74) is 1.23. The summed E-state index contributed by atoms with van der Waals surface area (Å²) in [6.07, 6.45) is 3.82. The standard InChI is InChI=1S/C16H25BrN2O/c1-2-8-18-13-14-6-5-7-15(17)16(14)20-12-11-19-9-3-4-10-19/h5-7,18H,2-4,8-13H2,1H3. The third-order valence-corrected chi connectivity index (χ3v) is 4.27. The van der Waals surface area contributed by atoms with Gasteiger partial charge in [-0.1, -0.05) is 19.1 Å². The molecule has 0 radical (unpaired) electrons. The third-order valence-electron chi connectivity index (χ3n) is 3.64. The highest BCUT2D eigenvalue weighted by atomic mass is 79.9. The molecule has 2 rings (SSSR count). The second-order valence-electron chi connectivity index (χ2n) is 5.30. The molecule has 1 fully saturated rings. The van der Waals surface area contributed by atoms with Crippen LogP contribution in [0.2, 0.25) is 0 Å². The Bertz CT molecular complexity index is 405. The topological polar surface area (TPSA) is 24.5 Å². The number of nitrogens with one attached hydrogen (secondary N) is 1. The number of benzene rings is 1. The largest absolute Gasteiger partial charge is 0.491 e. The first-order chi connectivity index (χ1) is 9.81. The zero-order valence-corrected chi connectivity index (χ0v) is 13.9. The minimum Gasteiger partial charge on any atom is -0.491 e. The number of hydrogen-bond acceptors (Lipinski definition) is 3. The van der Waals surface area contributed by atoms with Gasteiger partial charge in [-0.15, -0.1) is 0 Å². The van der Waals surface area contributed by atoms with E-state index in [0.29, 0.717) is 0 Å². The van der Waals surface area contributed by atoms with Gasteiger partial charge in [0.05, 0.1) is 4.47 Å². The van der Waals surface area contributed by atoms with Crippen LogP contribution < -0.4 is 10.1 Å². The molecule has 1 aromatic rings. The number of nitrogens with zero attached hydrogens (tertiary/aromatic N) is 1. The van der Waals surface area contributed by atoms with Crippen LogP contribution in [0.5, 0.6) is 5.75 Å². The molecular formula is C16H25BrN2O. The van der Waals surface area contributed by atoms with E-state index in [-0.39, 0.29) is 0 Å². The van der Waals surface area contributed by atoms with Crippen LogP contribution in [0.25, 0.3) is 0 Å². The Labute approximate surface area is 130 Å². The summed E-state index contributed by atoms with van der Waals surface area (Å²) in [6.45, 7) is 8.34. The fourth-order valence-corrected chi connectivity index (χ4v) is 3.06. The number of rotatable bonds is 8. The lowest BCUT2D eigenvalue weighted by Gasteiger charge is -2.17. The predicted molar refractivity (Wildman–Crippen MR) is 87.3 cm³/mol. The summed E-state index contributed by atoms with van der Waals surface area (Å²) in [4.78, 5) is 2.48. The van der Waals surface area contributed by atoms with Crippen molar-refractivity contribution in [3.63, 3.8) is 0 Å². The summed E-state index contributed by atoms with van der Waals surface area (Å²) < 4.78 is 7.08. The molecule has 1 aromatic carbocycles. The molecule has 1 N–H and O–H groups in total. The molecule has 1 saturated heterocycles. The van der Waals surface area contributed by atoms with Crippen LogP contribution in [0.3, 0.4) is 0 Å². The first kappa shape index (κ1) is 15.8. The lowest BCUT2D eigenvalue weighted by molar-refractivity contribution is 0.235. The monoisotopic (exact) mass is 340 g/mol. The molecule has 0 aromatic heterocycles. The highest BCUT2D eigenvalue weighted by Crippen LogP contribution is 2.29. The van der Waals surface area contributed by atoms with Gasteiger partial charge in [0, 0.05) is 18.7 Å². The molecule has 0 saturated carbocycles. The van der Waals surface area contributed by atoms with Gasteiger partial charge >= 0.3 is 0 Å². The van der Waals surface area contributed by atoms with Crippen LogP contribution in [0, 0.1) is 0 Å². The van der Waals surface area contributed by atoms with Gasteiger partial charge in [-0.25, -0.2) is 0 Å². The van der Waals surface area contributed by atoms with E-state index < -0.39 is 0 Å². The maximum Gasteiger partial charge on any atom is 0.138 e. The molecule has 0 atom stereocenters. The maximum absolute atomic E-state index is 6.03. The fourth-order valence-electron chi connectivity index (χ4n) is 2.54. The van der Waals surface area contributed by atoms with Gasteiger partial charge in [0.1, 0.15) is 12.4 Å². The second-order valence-corrected chi connectivity index (χ2v) is 6.16. The number of halogens is 1. The number of hydrogen-bond donors (Lipinski definition) is 1. The molecule has 1 heterocycles. The van der Waals surface area contributed by atoms with Crippen LogP contribution in [0.4, 0.5) is 0 Å². The maximum atomic E-state index is 6.03. The van der Waals surface area contributed by atoms with Crippen LogP contribution in [0.1, 0.15) is 31.7 Å². The lowest BCUT2D eigenvalue weighted by Crippen LogP contribution is -2.25. The Hall–Kier alpha value is -0.580. The molecule has 0 amide bonds. The molecular weight excluding hydrogens is 316 g/mol. The quantitative estimate of drug-likeness (QED) is 0.734. The van der Waals surface area contributed by atoms with Gasteiger partial charge in [-0.3, -0.25) is 4.90 Å². The highest BCUT2D eigenvalue weighted by molar-refractivity contribution is 9.10. The smallest absolute Gasteiger partial charge is 0.138 e. The Morgan fingerprint density at radius 3 is 2.85 bits per heavy atom. The molecule has 112 valence electrons. The van der Waals surface area contributed by atoms with Crippen LogP contribution >= 0.6 is 15.9 Å². The number of para-hydroxylation sites is 1. The summed E-state index contributed by atoms with van der Waals surface area (Å²) in [5.74, 6) is 0.996. The molecule has 3 nitrogen and oxygen atoms in total. The van der Waals surface area contributed by atoms with E-state index in [9.17, 15) is 0 Å². The Balaban J connectivity index is 1.87. The summed E-state index contributed by atoms with van der Waals surface area (Å²) in [7, 11) is 0. The third kappa shape index (κ3) is 4.76. The van der Waals surface area contributed by atoms with E-state index in [1.807, 2.05) is 0 Å². The lowest BCUT2D eigenvalue weighted by atomic mass is 10.2. The number of ether oxygens (including phenoxy) is 1. The normalized spacial score (nSPS) is 15.7. The fraction of sp³-hybridized carbons (Fsp3) is 0.625. The van der Waals surface area contributed by atoms with Crippen molar-refractivity contribution in [3.8, 4) is 5.75 Å². The summed E-state index contributed by atoms with van der Waals surface area (Å²) >= 11 is 3.60. The molecule has 4 heteroatoms. The van der Waals surface area contributed by atoms with E-state index >= 15 is 0 Å². The van der Waals surface area contributed by atoms with E-state index in [1.165, 1.54) is 31.5 Å². The molecule has 1 aliphatic heterocycles. The van der Waals surface area contributed by atoms with Gasteiger partial charge < -0.3 is 10.1 Å². The van der Waals surface area contributed by atoms with Gasteiger partial charge in [0.25, 0.3) is 0 Å². The van der Waals surface area contributed by atoms with Crippen molar-refractivity contribution in [2.75, 3.05) is 32.8 Å². The average Bonchev–Trinajstić information content (AvgIpc) is 2.95. The molecule has 0 spiro atoms. The van der Waals surface area contributed by atoms with Gasteiger partial charge in [-0.05, 0) is 60.9 Å². The Kier molecular flexibility index (Phi) is 6.83. The molecule has 1 aliphatic rings. The Morgan fingerprint density at radius 2 is 2.10 bits per heavy atom. The second kappa shape index (κ2) is 8.65.